The number of hydrogen-bond acceptors (Lipinski definition) is 5. The Kier molecular flexibility index (Phi) is 4.71. The molecule has 0 fully saturated rings. The number of ether oxygens (including phenoxy) is 2. The van der Waals surface area contributed by atoms with Gasteiger partial charge in [0.15, 0.2) is 0 Å². The van der Waals surface area contributed by atoms with Crippen LogP contribution >= 0.6 is 0 Å². The van der Waals surface area contributed by atoms with Crippen molar-refractivity contribution in [1.29, 1.82) is 0 Å². The normalized spacial score (nSPS) is 22.1. The zero-order chi connectivity index (χ0) is 16.6. The van der Waals surface area contributed by atoms with Crippen LogP contribution in [0.15, 0.2) is 18.2 Å². The van der Waals surface area contributed by atoms with Crippen LogP contribution in [0.3, 0.4) is 0 Å². The van der Waals surface area contributed by atoms with Crippen molar-refractivity contribution in [3.05, 3.63) is 23.8 Å². The minimum absolute atomic E-state index is 0.131. The van der Waals surface area contributed by atoms with Crippen LogP contribution in [0.4, 0.5) is 0 Å². The second kappa shape index (κ2) is 5.94. The molecule has 124 valence electrons. The molecular formula is C16H26O5Si. The van der Waals surface area contributed by atoms with Crippen molar-refractivity contribution in [3.8, 4) is 5.75 Å². The zero-order valence-corrected chi connectivity index (χ0v) is 15.5. The fourth-order valence-electron chi connectivity index (χ4n) is 2.41. The highest BCUT2D eigenvalue weighted by molar-refractivity contribution is 6.75. The van der Waals surface area contributed by atoms with Crippen molar-refractivity contribution in [1.82, 2.24) is 0 Å². The maximum absolute atomic E-state index is 6.12. The smallest absolute Gasteiger partial charge is 0.462 e. The summed E-state index contributed by atoms with van der Waals surface area (Å²) in [5.41, 5.74) is 0.843. The highest BCUT2D eigenvalue weighted by Crippen LogP contribution is 2.41. The number of benzene rings is 1. The van der Waals surface area contributed by atoms with Gasteiger partial charge in [0, 0.05) is 44.4 Å². The first-order valence-electron chi connectivity index (χ1n) is 7.33. The first-order valence-corrected chi connectivity index (χ1v) is 9.05. The van der Waals surface area contributed by atoms with Crippen LogP contribution in [0.2, 0.25) is 0 Å². The maximum atomic E-state index is 6.12. The summed E-state index contributed by atoms with van der Waals surface area (Å²) in [6, 6.07) is 5.87. The first-order chi connectivity index (χ1) is 10.2. The fraction of sp³-hybridized carbons (Fsp3) is 0.625. The van der Waals surface area contributed by atoms with E-state index < -0.39 is 14.6 Å². The third-order valence-electron chi connectivity index (χ3n) is 4.39. The molecule has 1 atom stereocenters. The number of hydrogen-bond donors (Lipinski definition) is 0. The molecule has 0 saturated carbocycles. The molecule has 1 unspecified atom stereocenters. The van der Waals surface area contributed by atoms with Gasteiger partial charge in [0.1, 0.15) is 5.75 Å². The molecule has 0 aliphatic carbocycles. The minimum atomic E-state index is -2.84. The van der Waals surface area contributed by atoms with Gasteiger partial charge in [0.25, 0.3) is 0 Å². The number of rotatable bonds is 4. The second-order valence-electron chi connectivity index (χ2n) is 6.58. The molecule has 0 bridgehead atoms. The van der Waals surface area contributed by atoms with Crippen LogP contribution in [-0.4, -0.2) is 35.9 Å². The fourth-order valence-corrected chi connectivity index (χ4v) is 4.26. The third kappa shape index (κ3) is 2.81. The van der Waals surface area contributed by atoms with Crippen LogP contribution in [0.25, 0.3) is 0 Å². The van der Waals surface area contributed by atoms with Gasteiger partial charge in [-0.3, -0.25) is 0 Å². The zero-order valence-electron chi connectivity index (χ0n) is 14.5. The minimum Gasteiger partial charge on any atom is -0.462 e. The van der Waals surface area contributed by atoms with Crippen molar-refractivity contribution in [2.24, 2.45) is 5.41 Å². The lowest BCUT2D eigenvalue weighted by Crippen LogP contribution is -2.55. The molecule has 0 radical (unpaired) electrons. The summed E-state index contributed by atoms with van der Waals surface area (Å²) in [6.07, 6.45) is 0. The largest absolute Gasteiger partial charge is 0.536 e. The molecule has 1 aliphatic rings. The molecule has 1 aromatic carbocycles. The quantitative estimate of drug-likeness (QED) is 0.795. The Hall–Kier alpha value is -0.923. The predicted octanol–water partition coefficient (Wildman–Crippen LogP) is 2.44. The van der Waals surface area contributed by atoms with E-state index in [0.29, 0.717) is 6.61 Å². The van der Waals surface area contributed by atoms with Crippen molar-refractivity contribution < 1.29 is 22.8 Å². The van der Waals surface area contributed by atoms with Crippen molar-refractivity contribution >= 4 is 14.0 Å². The monoisotopic (exact) mass is 326 g/mol. The molecule has 1 aliphatic heterocycles. The van der Waals surface area contributed by atoms with Gasteiger partial charge in [-0.2, -0.15) is 0 Å². The van der Waals surface area contributed by atoms with E-state index in [1.54, 1.807) is 21.3 Å². The van der Waals surface area contributed by atoms with E-state index in [9.17, 15) is 0 Å². The highest BCUT2D eigenvalue weighted by atomic mass is 28.4. The van der Waals surface area contributed by atoms with Gasteiger partial charge >= 0.3 is 8.80 Å². The van der Waals surface area contributed by atoms with Crippen molar-refractivity contribution in [3.63, 3.8) is 0 Å². The van der Waals surface area contributed by atoms with Gasteiger partial charge in [-0.15, -0.1) is 0 Å². The SMILES string of the molecule is CO[Si](OC)(OC)c1ccc2c(c1)COC(C)(C(C)(C)C)O2. The van der Waals surface area contributed by atoms with Gasteiger partial charge in [0.2, 0.25) is 5.79 Å². The summed E-state index contributed by atoms with van der Waals surface area (Å²) in [5, 5.41) is 0.894. The highest BCUT2D eigenvalue weighted by Gasteiger charge is 2.45. The molecule has 1 aromatic rings. The topological polar surface area (TPSA) is 46.2 Å². The average Bonchev–Trinajstić information content (AvgIpc) is 2.48. The molecule has 0 N–H and O–H groups in total. The molecule has 22 heavy (non-hydrogen) atoms. The van der Waals surface area contributed by atoms with E-state index in [-0.39, 0.29) is 5.41 Å². The molecular weight excluding hydrogens is 300 g/mol. The molecule has 5 nitrogen and oxygen atoms in total. The van der Waals surface area contributed by atoms with E-state index in [1.807, 2.05) is 25.1 Å². The molecule has 0 aromatic heterocycles. The summed E-state index contributed by atoms with van der Waals surface area (Å²) >= 11 is 0. The van der Waals surface area contributed by atoms with E-state index in [4.69, 9.17) is 22.8 Å². The third-order valence-corrected chi connectivity index (χ3v) is 7.02. The summed E-state index contributed by atoms with van der Waals surface area (Å²) in [7, 11) is 1.96. The Morgan fingerprint density at radius 2 is 1.68 bits per heavy atom. The Morgan fingerprint density at radius 3 is 2.18 bits per heavy atom. The average molecular weight is 326 g/mol. The van der Waals surface area contributed by atoms with Gasteiger partial charge in [-0.25, -0.2) is 0 Å². The van der Waals surface area contributed by atoms with Crippen LogP contribution in [-0.2, 0) is 24.6 Å². The van der Waals surface area contributed by atoms with Crippen LogP contribution in [0.1, 0.15) is 33.3 Å². The van der Waals surface area contributed by atoms with Crippen LogP contribution < -0.4 is 9.92 Å². The van der Waals surface area contributed by atoms with Gasteiger partial charge in [-0.1, -0.05) is 26.8 Å². The predicted molar refractivity (Wildman–Crippen MR) is 86.1 cm³/mol. The van der Waals surface area contributed by atoms with Crippen LogP contribution in [0.5, 0.6) is 5.75 Å². The summed E-state index contributed by atoms with van der Waals surface area (Å²) in [4.78, 5) is 0. The van der Waals surface area contributed by atoms with Gasteiger partial charge in [-0.05, 0) is 12.1 Å². The first kappa shape index (κ1) is 17.4. The Balaban J connectivity index is 2.36. The van der Waals surface area contributed by atoms with Gasteiger partial charge in [0.05, 0.1) is 6.61 Å². The van der Waals surface area contributed by atoms with E-state index in [1.165, 1.54) is 0 Å². The summed E-state index contributed by atoms with van der Waals surface area (Å²) in [6.45, 7) is 8.77. The standard InChI is InChI=1S/C16H26O5Si/c1-15(2,3)16(4)20-11-12-10-13(8-9-14(12)21-16)22(17-5,18-6)19-7/h8-10H,11H2,1-7H3. The van der Waals surface area contributed by atoms with Crippen molar-refractivity contribution in [2.45, 2.75) is 40.1 Å². The van der Waals surface area contributed by atoms with E-state index in [0.717, 1.165) is 16.5 Å². The Morgan fingerprint density at radius 1 is 1.09 bits per heavy atom. The van der Waals surface area contributed by atoms with Crippen molar-refractivity contribution in [2.75, 3.05) is 21.3 Å². The lowest BCUT2D eigenvalue weighted by atomic mass is 9.86. The molecule has 2 rings (SSSR count). The van der Waals surface area contributed by atoms with E-state index in [2.05, 4.69) is 20.8 Å². The molecule has 1 heterocycles. The van der Waals surface area contributed by atoms with Gasteiger partial charge < -0.3 is 22.8 Å². The lowest BCUT2D eigenvalue weighted by Gasteiger charge is -2.44. The van der Waals surface area contributed by atoms with E-state index >= 15 is 0 Å². The molecule has 0 amide bonds. The maximum Gasteiger partial charge on any atom is 0.536 e. The number of fused-ring (bicyclic) bond motifs is 1. The summed E-state index contributed by atoms with van der Waals surface area (Å²) < 4.78 is 28.7. The lowest BCUT2D eigenvalue weighted by molar-refractivity contribution is -0.249. The molecule has 0 spiro atoms. The second-order valence-corrected chi connectivity index (χ2v) is 9.49. The molecule has 0 saturated heterocycles. The van der Waals surface area contributed by atoms with Crippen LogP contribution in [0, 0.1) is 5.41 Å². The summed E-state index contributed by atoms with van der Waals surface area (Å²) in [5.74, 6) is 0.179. The Bertz CT molecular complexity index is 528. The molecule has 6 heteroatoms. The Labute approximate surface area is 133 Å².